The molecule has 0 radical (unpaired) electrons. The van der Waals surface area contributed by atoms with Gasteiger partial charge in [-0.15, -0.1) is 0 Å². The molecule has 0 bridgehead atoms. The molecule has 2 aromatic rings. The Morgan fingerprint density at radius 2 is 1.86 bits per heavy atom. The number of benzene rings is 2. The van der Waals surface area contributed by atoms with Gasteiger partial charge in [0.1, 0.15) is 0 Å². The Morgan fingerprint density at radius 1 is 1.19 bits per heavy atom. The van der Waals surface area contributed by atoms with Gasteiger partial charge in [-0.25, -0.2) is 13.1 Å². The molecule has 0 aliphatic carbocycles. The fourth-order valence-electron chi connectivity index (χ4n) is 1.68. The molecule has 0 atom stereocenters. The molecular weight excluding hydrogens is 354 g/mol. The first-order chi connectivity index (χ1) is 9.92. The number of rotatable bonds is 4. The van der Waals surface area contributed by atoms with Crippen molar-refractivity contribution < 1.29 is 8.42 Å². The number of nitrogen functional groups attached to an aromatic ring is 1. The number of nitriles is 1. The molecule has 0 saturated carbocycles. The summed E-state index contributed by atoms with van der Waals surface area (Å²) in [6.07, 6.45) is 0. The molecule has 0 aromatic heterocycles. The Morgan fingerprint density at radius 3 is 2.48 bits per heavy atom. The van der Waals surface area contributed by atoms with Crippen molar-refractivity contribution in [2.24, 2.45) is 0 Å². The van der Waals surface area contributed by atoms with Crippen LogP contribution in [0.3, 0.4) is 0 Å². The Hall–Kier alpha value is -1.88. The Labute approximate surface area is 131 Å². The maximum Gasteiger partial charge on any atom is 0.242 e. The molecule has 108 valence electrons. The molecular formula is C14H12BrN3O2S. The van der Waals surface area contributed by atoms with Crippen LogP contribution in [0.5, 0.6) is 0 Å². The third kappa shape index (κ3) is 3.82. The predicted octanol–water partition coefficient (Wildman–Crippen LogP) is 2.38. The highest BCUT2D eigenvalue weighted by Crippen LogP contribution is 2.24. The molecule has 2 rings (SSSR count). The lowest BCUT2D eigenvalue weighted by atomic mass is 10.1. The molecule has 0 spiro atoms. The number of halogens is 1. The van der Waals surface area contributed by atoms with E-state index < -0.39 is 10.0 Å². The van der Waals surface area contributed by atoms with E-state index >= 15 is 0 Å². The van der Waals surface area contributed by atoms with E-state index in [2.05, 4.69) is 20.7 Å². The first-order valence-corrected chi connectivity index (χ1v) is 8.24. The van der Waals surface area contributed by atoms with Gasteiger partial charge in [-0.2, -0.15) is 5.26 Å². The molecule has 0 aliphatic heterocycles. The summed E-state index contributed by atoms with van der Waals surface area (Å²) >= 11 is 3.20. The maximum absolute atomic E-state index is 12.3. The number of hydrogen-bond donors (Lipinski definition) is 2. The van der Waals surface area contributed by atoms with Crippen LogP contribution in [-0.2, 0) is 16.6 Å². The zero-order valence-electron chi connectivity index (χ0n) is 10.9. The highest BCUT2D eigenvalue weighted by Gasteiger charge is 2.17. The molecule has 0 unspecified atom stereocenters. The van der Waals surface area contributed by atoms with Gasteiger partial charge in [0.15, 0.2) is 0 Å². The van der Waals surface area contributed by atoms with Crippen LogP contribution in [0.1, 0.15) is 11.1 Å². The van der Waals surface area contributed by atoms with Crippen molar-refractivity contribution in [2.75, 3.05) is 5.73 Å². The number of nitrogens with zero attached hydrogens (tertiary/aromatic N) is 1. The monoisotopic (exact) mass is 365 g/mol. The molecule has 2 aromatic carbocycles. The van der Waals surface area contributed by atoms with Crippen LogP contribution < -0.4 is 10.5 Å². The summed E-state index contributed by atoms with van der Waals surface area (Å²) in [4.78, 5) is 0.0937. The van der Waals surface area contributed by atoms with E-state index in [0.717, 1.165) is 5.56 Å². The molecule has 0 fully saturated rings. The largest absolute Gasteiger partial charge is 0.399 e. The highest BCUT2D eigenvalue weighted by molar-refractivity contribution is 9.10. The van der Waals surface area contributed by atoms with E-state index in [4.69, 9.17) is 11.0 Å². The second-order valence-corrected chi connectivity index (χ2v) is 6.91. The molecule has 0 amide bonds. The predicted molar refractivity (Wildman–Crippen MR) is 83.7 cm³/mol. The minimum atomic E-state index is -3.67. The van der Waals surface area contributed by atoms with Crippen LogP contribution in [0.15, 0.2) is 51.8 Å². The molecule has 0 aliphatic rings. The molecule has 21 heavy (non-hydrogen) atoms. The van der Waals surface area contributed by atoms with Crippen molar-refractivity contribution in [3.63, 3.8) is 0 Å². The van der Waals surface area contributed by atoms with Gasteiger partial charge in [-0.3, -0.25) is 0 Å². The van der Waals surface area contributed by atoms with Crippen molar-refractivity contribution in [3.8, 4) is 6.07 Å². The van der Waals surface area contributed by atoms with Gasteiger partial charge < -0.3 is 5.73 Å². The zero-order valence-corrected chi connectivity index (χ0v) is 13.3. The summed E-state index contributed by atoms with van der Waals surface area (Å²) < 4.78 is 27.5. The van der Waals surface area contributed by atoms with Crippen LogP contribution in [0.4, 0.5) is 5.69 Å². The van der Waals surface area contributed by atoms with Crippen molar-refractivity contribution in [2.45, 2.75) is 11.4 Å². The summed E-state index contributed by atoms with van der Waals surface area (Å²) in [5.41, 5.74) is 7.28. The first-order valence-electron chi connectivity index (χ1n) is 5.96. The minimum Gasteiger partial charge on any atom is -0.399 e. The Kier molecular flexibility index (Phi) is 4.63. The second-order valence-electron chi connectivity index (χ2n) is 4.32. The summed E-state index contributed by atoms with van der Waals surface area (Å²) in [7, 11) is -3.67. The lowest BCUT2D eigenvalue weighted by Crippen LogP contribution is -2.23. The molecule has 3 N–H and O–H groups in total. The van der Waals surface area contributed by atoms with Crippen molar-refractivity contribution in [1.29, 1.82) is 5.26 Å². The van der Waals surface area contributed by atoms with Crippen LogP contribution in [0.2, 0.25) is 0 Å². The van der Waals surface area contributed by atoms with Gasteiger partial charge in [-0.1, -0.05) is 12.1 Å². The van der Waals surface area contributed by atoms with Gasteiger partial charge in [0.2, 0.25) is 10.0 Å². The summed E-state index contributed by atoms with van der Waals surface area (Å²) in [5.74, 6) is 0. The lowest BCUT2D eigenvalue weighted by molar-refractivity contribution is 0.581. The topological polar surface area (TPSA) is 96.0 Å². The van der Waals surface area contributed by atoms with E-state index in [9.17, 15) is 8.42 Å². The fourth-order valence-corrected chi connectivity index (χ4v) is 3.69. The smallest absolute Gasteiger partial charge is 0.242 e. The number of anilines is 1. The fraction of sp³-hybridized carbons (Fsp3) is 0.0714. The van der Waals surface area contributed by atoms with Gasteiger partial charge in [-0.05, 0) is 51.8 Å². The van der Waals surface area contributed by atoms with E-state index in [1.807, 2.05) is 6.07 Å². The molecule has 0 heterocycles. The third-order valence-corrected chi connectivity index (χ3v) is 5.19. The summed E-state index contributed by atoms with van der Waals surface area (Å²) in [6.45, 7) is 0.134. The quantitative estimate of drug-likeness (QED) is 0.812. The summed E-state index contributed by atoms with van der Waals surface area (Å²) in [5, 5.41) is 8.71. The van der Waals surface area contributed by atoms with Crippen LogP contribution in [0, 0.1) is 11.3 Å². The second kappa shape index (κ2) is 6.26. The van der Waals surface area contributed by atoms with Crippen molar-refractivity contribution >= 4 is 31.6 Å². The SMILES string of the molecule is N#Cc1ccc(CNS(=O)(=O)c2cc(N)ccc2Br)cc1. The minimum absolute atomic E-state index is 0.0937. The van der Waals surface area contributed by atoms with Crippen LogP contribution in [-0.4, -0.2) is 8.42 Å². The average Bonchev–Trinajstić information content (AvgIpc) is 2.48. The van der Waals surface area contributed by atoms with Gasteiger partial charge in [0.25, 0.3) is 0 Å². The molecule has 5 nitrogen and oxygen atoms in total. The van der Waals surface area contributed by atoms with Gasteiger partial charge in [0, 0.05) is 16.7 Å². The molecule has 0 saturated heterocycles. The Bertz CT molecular complexity index is 796. The maximum atomic E-state index is 12.3. The van der Waals surface area contributed by atoms with Crippen molar-refractivity contribution in [1.82, 2.24) is 4.72 Å². The highest BCUT2D eigenvalue weighted by atomic mass is 79.9. The number of hydrogen-bond acceptors (Lipinski definition) is 4. The van der Waals surface area contributed by atoms with E-state index in [1.165, 1.54) is 6.07 Å². The average molecular weight is 366 g/mol. The summed E-state index contributed by atoms with van der Waals surface area (Å²) in [6, 6.07) is 13.3. The third-order valence-electron chi connectivity index (χ3n) is 2.79. The standard InChI is InChI=1S/C14H12BrN3O2S/c15-13-6-5-12(17)7-14(13)21(19,20)18-9-11-3-1-10(8-16)2-4-11/h1-7,18H,9,17H2. The number of sulfonamides is 1. The van der Waals surface area contributed by atoms with E-state index in [-0.39, 0.29) is 11.4 Å². The zero-order chi connectivity index (χ0) is 15.5. The number of nitrogens with one attached hydrogen (secondary N) is 1. The van der Waals surface area contributed by atoms with E-state index in [0.29, 0.717) is 15.7 Å². The lowest BCUT2D eigenvalue weighted by Gasteiger charge is -2.09. The first kappa shape index (κ1) is 15.5. The van der Waals surface area contributed by atoms with Crippen LogP contribution >= 0.6 is 15.9 Å². The van der Waals surface area contributed by atoms with Gasteiger partial charge >= 0.3 is 0 Å². The van der Waals surface area contributed by atoms with E-state index in [1.54, 1.807) is 36.4 Å². The molecule has 7 heteroatoms. The normalized spacial score (nSPS) is 11.0. The van der Waals surface area contributed by atoms with Gasteiger partial charge in [0.05, 0.1) is 16.5 Å². The van der Waals surface area contributed by atoms with Crippen LogP contribution in [0.25, 0.3) is 0 Å². The Balaban J connectivity index is 2.17. The number of nitrogens with two attached hydrogens (primary N) is 1. The van der Waals surface area contributed by atoms with Crippen molar-refractivity contribution in [3.05, 3.63) is 58.1 Å².